The van der Waals surface area contributed by atoms with Gasteiger partial charge in [0, 0.05) is 24.3 Å². The lowest BCUT2D eigenvalue weighted by atomic mass is 9.89. The van der Waals surface area contributed by atoms with Crippen molar-refractivity contribution in [1.29, 1.82) is 0 Å². The first-order chi connectivity index (χ1) is 12.1. The summed E-state index contributed by atoms with van der Waals surface area (Å²) in [4.78, 5) is 26.4. The molecular weight excluding hydrogens is 318 g/mol. The summed E-state index contributed by atoms with van der Waals surface area (Å²) in [6.07, 6.45) is 3.54. The molecule has 0 bridgehead atoms. The van der Waals surface area contributed by atoms with Crippen LogP contribution in [0.4, 0.5) is 0 Å². The molecule has 2 aliphatic rings. The van der Waals surface area contributed by atoms with Gasteiger partial charge in [-0.05, 0) is 37.3 Å². The van der Waals surface area contributed by atoms with Crippen LogP contribution in [-0.4, -0.2) is 40.1 Å². The molecule has 2 aliphatic heterocycles. The molecule has 1 amide bonds. The van der Waals surface area contributed by atoms with E-state index in [1.807, 2.05) is 36.2 Å². The fourth-order valence-corrected chi connectivity index (χ4v) is 3.87. The zero-order valence-corrected chi connectivity index (χ0v) is 14.2. The van der Waals surface area contributed by atoms with E-state index in [2.05, 4.69) is 10.2 Å². The van der Waals surface area contributed by atoms with E-state index in [9.17, 15) is 9.59 Å². The predicted octanol–water partition coefficient (Wildman–Crippen LogP) is 2.73. The molecule has 4 rings (SSSR count). The van der Waals surface area contributed by atoms with Gasteiger partial charge in [-0.15, -0.1) is 0 Å². The molecule has 1 aromatic carbocycles. The highest BCUT2D eigenvalue weighted by atomic mass is 16.5. The second kappa shape index (κ2) is 6.35. The number of nitrogens with zero attached hydrogens (tertiary/aromatic N) is 2. The maximum atomic E-state index is 12.6. The largest absolute Gasteiger partial charge is 0.453 e. The van der Waals surface area contributed by atoms with Crippen LogP contribution in [0, 0.1) is 6.92 Å². The van der Waals surface area contributed by atoms with Gasteiger partial charge in [-0.3, -0.25) is 9.89 Å². The fraction of sp³-hybridized carbons (Fsp3) is 0.421. The smallest absolute Gasteiger partial charge is 0.339 e. The number of hydrogen-bond donors (Lipinski definition) is 1. The number of ether oxygens (including phenoxy) is 1. The Kier molecular flexibility index (Phi) is 4.03. The van der Waals surface area contributed by atoms with Gasteiger partial charge in [0.2, 0.25) is 5.91 Å². The zero-order valence-electron chi connectivity index (χ0n) is 14.2. The van der Waals surface area contributed by atoms with E-state index in [4.69, 9.17) is 4.74 Å². The predicted molar refractivity (Wildman–Crippen MR) is 91.1 cm³/mol. The van der Waals surface area contributed by atoms with Crippen LogP contribution in [0.2, 0.25) is 0 Å². The molecule has 1 atom stereocenters. The van der Waals surface area contributed by atoms with E-state index < -0.39 is 6.10 Å². The Hall–Kier alpha value is -2.63. The average molecular weight is 339 g/mol. The number of rotatable bonds is 3. The van der Waals surface area contributed by atoms with Gasteiger partial charge in [0.05, 0.1) is 18.2 Å². The van der Waals surface area contributed by atoms with E-state index >= 15 is 0 Å². The molecule has 2 aromatic rings. The molecular formula is C19H21N3O3. The summed E-state index contributed by atoms with van der Waals surface area (Å²) in [5.74, 6) is 0.173. The fourth-order valence-electron chi connectivity index (χ4n) is 3.87. The molecule has 0 saturated carbocycles. The van der Waals surface area contributed by atoms with Crippen LogP contribution in [0.3, 0.4) is 0 Å². The number of benzene rings is 1. The molecule has 1 unspecified atom stereocenters. The first-order valence-corrected chi connectivity index (χ1v) is 8.71. The molecule has 6 nitrogen and oxygen atoms in total. The Morgan fingerprint density at radius 1 is 1.28 bits per heavy atom. The molecule has 3 heterocycles. The minimum Gasteiger partial charge on any atom is -0.453 e. The third-order valence-corrected chi connectivity index (χ3v) is 5.29. The van der Waals surface area contributed by atoms with Gasteiger partial charge in [0.15, 0.2) is 0 Å². The van der Waals surface area contributed by atoms with Crippen molar-refractivity contribution in [1.82, 2.24) is 15.1 Å². The van der Waals surface area contributed by atoms with Crippen molar-refractivity contribution in [2.24, 2.45) is 0 Å². The number of aromatic nitrogens is 2. The third kappa shape index (κ3) is 2.92. The number of amides is 1. The quantitative estimate of drug-likeness (QED) is 0.873. The standard InChI is InChI=1S/C19H21N3O3/c1-12-16(11-20-21-12)13-6-8-22(9-7-13)18(23)10-17-14-4-2-3-5-15(14)19(24)25-17/h2-5,11,13,17H,6-10H2,1H3,(H,20,21). The highest BCUT2D eigenvalue weighted by Gasteiger charge is 2.34. The van der Waals surface area contributed by atoms with Crippen molar-refractivity contribution in [3.8, 4) is 0 Å². The molecule has 0 radical (unpaired) electrons. The van der Waals surface area contributed by atoms with Crippen LogP contribution in [0.1, 0.15) is 58.5 Å². The summed E-state index contributed by atoms with van der Waals surface area (Å²) >= 11 is 0. The Labute approximate surface area is 146 Å². The lowest BCUT2D eigenvalue weighted by Crippen LogP contribution is -2.38. The Morgan fingerprint density at radius 3 is 2.76 bits per heavy atom. The number of carbonyl (C=O) groups is 2. The van der Waals surface area contributed by atoms with E-state index in [0.29, 0.717) is 11.5 Å². The second-order valence-corrected chi connectivity index (χ2v) is 6.79. The molecule has 0 spiro atoms. The number of carbonyl (C=O) groups excluding carboxylic acids is 2. The molecule has 1 N–H and O–H groups in total. The highest BCUT2D eigenvalue weighted by molar-refractivity contribution is 5.94. The number of piperidine rings is 1. The van der Waals surface area contributed by atoms with Crippen molar-refractivity contribution in [2.75, 3.05) is 13.1 Å². The lowest BCUT2D eigenvalue weighted by molar-refractivity contribution is -0.134. The van der Waals surface area contributed by atoms with E-state index in [1.165, 1.54) is 5.56 Å². The summed E-state index contributed by atoms with van der Waals surface area (Å²) in [6.45, 7) is 3.50. The second-order valence-electron chi connectivity index (χ2n) is 6.79. The van der Waals surface area contributed by atoms with Gasteiger partial charge in [-0.1, -0.05) is 18.2 Å². The number of nitrogens with one attached hydrogen (secondary N) is 1. The van der Waals surface area contributed by atoms with Gasteiger partial charge in [0.25, 0.3) is 0 Å². The van der Waals surface area contributed by atoms with Crippen LogP contribution < -0.4 is 0 Å². The first-order valence-electron chi connectivity index (χ1n) is 8.71. The monoisotopic (exact) mass is 339 g/mol. The van der Waals surface area contributed by atoms with Gasteiger partial charge >= 0.3 is 5.97 Å². The Morgan fingerprint density at radius 2 is 2.04 bits per heavy atom. The average Bonchev–Trinajstić information content (AvgIpc) is 3.19. The molecule has 1 saturated heterocycles. The third-order valence-electron chi connectivity index (χ3n) is 5.29. The first kappa shape index (κ1) is 15.9. The number of esters is 1. The molecule has 1 fully saturated rings. The minimum atomic E-state index is -0.454. The number of aromatic amines is 1. The maximum Gasteiger partial charge on any atom is 0.339 e. The molecule has 1 aromatic heterocycles. The SMILES string of the molecule is Cc1[nH]ncc1C1CCN(C(=O)CC2OC(=O)c3ccccc32)CC1. The van der Waals surface area contributed by atoms with Crippen LogP contribution >= 0.6 is 0 Å². The molecule has 6 heteroatoms. The van der Waals surface area contributed by atoms with Crippen molar-refractivity contribution in [3.63, 3.8) is 0 Å². The van der Waals surface area contributed by atoms with Gasteiger partial charge < -0.3 is 9.64 Å². The highest BCUT2D eigenvalue weighted by Crippen LogP contribution is 2.34. The topological polar surface area (TPSA) is 75.3 Å². The summed E-state index contributed by atoms with van der Waals surface area (Å²) in [6, 6.07) is 7.30. The van der Waals surface area contributed by atoms with Crippen LogP contribution in [0.25, 0.3) is 0 Å². The van der Waals surface area contributed by atoms with Crippen LogP contribution in [0.15, 0.2) is 30.5 Å². The Bertz CT molecular complexity index is 806. The summed E-state index contributed by atoms with van der Waals surface area (Å²) in [5.41, 5.74) is 3.77. The number of likely N-dealkylation sites (tertiary alicyclic amines) is 1. The number of H-pyrrole nitrogens is 1. The van der Waals surface area contributed by atoms with Crippen molar-refractivity contribution >= 4 is 11.9 Å². The van der Waals surface area contributed by atoms with Crippen LogP contribution in [-0.2, 0) is 9.53 Å². The summed E-state index contributed by atoms with van der Waals surface area (Å²) in [5, 5.41) is 7.08. The molecule has 0 aliphatic carbocycles. The minimum absolute atomic E-state index is 0.0527. The Balaban J connectivity index is 1.37. The number of fused-ring (bicyclic) bond motifs is 1. The summed E-state index contributed by atoms with van der Waals surface area (Å²) in [7, 11) is 0. The molecule has 25 heavy (non-hydrogen) atoms. The molecule has 130 valence electrons. The number of hydrogen-bond acceptors (Lipinski definition) is 4. The normalized spacial score (nSPS) is 20.4. The number of aryl methyl sites for hydroxylation is 1. The van der Waals surface area contributed by atoms with Crippen molar-refractivity contribution < 1.29 is 14.3 Å². The van der Waals surface area contributed by atoms with E-state index in [-0.39, 0.29) is 18.3 Å². The maximum absolute atomic E-state index is 12.6. The van der Waals surface area contributed by atoms with E-state index in [1.54, 1.807) is 6.07 Å². The zero-order chi connectivity index (χ0) is 17.4. The van der Waals surface area contributed by atoms with Crippen molar-refractivity contribution in [3.05, 3.63) is 52.8 Å². The van der Waals surface area contributed by atoms with Gasteiger partial charge in [-0.25, -0.2) is 4.79 Å². The summed E-state index contributed by atoms with van der Waals surface area (Å²) < 4.78 is 5.39. The van der Waals surface area contributed by atoms with Crippen LogP contribution in [0.5, 0.6) is 0 Å². The number of cyclic esters (lactones) is 1. The van der Waals surface area contributed by atoms with E-state index in [0.717, 1.165) is 37.2 Å². The van der Waals surface area contributed by atoms with Gasteiger partial charge in [-0.2, -0.15) is 5.10 Å². The van der Waals surface area contributed by atoms with Crippen molar-refractivity contribution in [2.45, 2.75) is 38.2 Å². The lowest BCUT2D eigenvalue weighted by Gasteiger charge is -2.32. The van der Waals surface area contributed by atoms with Gasteiger partial charge in [0.1, 0.15) is 6.10 Å².